The molecule has 0 fully saturated rings. The van der Waals surface area contributed by atoms with E-state index in [2.05, 4.69) is 0 Å². The first kappa shape index (κ1) is 19.6. The Kier molecular flexibility index (Phi) is 11.0. The predicted molar refractivity (Wildman–Crippen MR) is 84.7 cm³/mol. The van der Waals surface area contributed by atoms with Gasteiger partial charge in [-0.1, -0.05) is 24.5 Å². The van der Waals surface area contributed by atoms with Crippen LogP contribution in [0.4, 0.5) is 0 Å². The Morgan fingerprint density at radius 3 is 2.55 bits per heavy atom. The molecule has 116 valence electrons. The third-order valence-electron chi connectivity index (χ3n) is 2.64. The van der Waals surface area contributed by atoms with Crippen molar-refractivity contribution < 1.29 is 19.6 Å². The molecular formula is C13H25NO4PS+. The molecule has 5 nitrogen and oxygen atoms in total. The zero-order valence-electron chi connectivity index (χ0n) is 12.1. The number of rotatable bonds is 11. The molecule has 0 amide bonds. The minimum Gasteiger partial charge on any atom is -0.478 e. The van der Waals surface area contributed by atoms with Crippen LogP contribution in [0.3, 0.4) is 0 Å². The number of thioether (sulfide) groups is 1. The first-order valence-corrected chi connectivity index (χ1v) is 9.39. The molecule has 0 saturated heterocycles. The van der Waals surface area contributed by atoms with Gasteiger partial charge in [-0.25, -0.2) is 4.79 Å². The summed E-state index contributed by atoms with van der Waals surface area (Å²) in [5, 5.41) is 18.8. The molecule has 0 heterocycles. The van der Waals surface area contributed by atoms with Gasteiger partial charge in [0, 0.05) is 18.2 Å². The minimum atomic E-state index is -1.95. The molecule has 0 aliphatic rings. The fourth-order valence-electron chi connectivity index (χ4n) is 1.46. The van der Waals surface area contributed by atoms with Gasteiger partial charge in [0.2, 0.25) is 0 Å². The molecule has 0 aliphatic carbocycles. The van der Waals surface area contributed by atoms with E-state index in [0.717, 1.165) is 17.9 Å². The summed E-state index contributed by atoms with van der Waals surface area (Å²) < 4.78 is 11.8. The molecule has 20 heavy (non-hydrogen) atoms. The topological polar surface area (TPSA) is 101 Å². The van der Waals surface area contributed by atoms with Crippen molar-refractivity contribution in [2.24, 2.45) is 11.7 Å². The van der Waals surface area contributed by atoms with Gasteiger partial charge < -0.3 is 15.9 Å². The highest BCUT2D eigenvalue weighted by atomic mass is 32.2. The Bertz CT molecular complexity index is 347. The second kappa shape index (κ2) is 11.3. The number of hydrogen-bond acceptors (Lipinski definition) is 5. The fourth-order valence-corrected chi connectivity index (χ4v) is 3.65. The summed E-state index contributed by atoms with van der Waals surface area (Å²) in [6, 6.07) is 0. The highest BCUT2D eigenvalue weighted by Crippen LogP contribution is 2.33. The number of carbonyl (C=O) groups is 1. The molecule has 0 rings (SSSR count). The molecule has 0 aromatic carbocycles. The van der Waals surface area contributed by atoms with Crippen LogP contribution in [0, 0.1) is 5.92 Å². The monoisotopic (exact) mass is 322 g/mol. The van der Waals surface area contributed by atoms with Crippen LogP contribution in [-0.4, -0.2) is 46.2 Å². The first-order valence-electron chi connectivity index (χ1n) is 6.72. The Hall–Kier alpha value is -0.420. The van der Waals surface area contributed by atoms with Crippen molar-refractivity contribution in [3.8, 4) is 0 Å². The summed E-state index contributed by atoms with van der Waals surface area (Å²) in [5.74, 6) is -0.309. The molecular weight excluding hydrogens is 297 g/mol. The molecule has 7 heteroatoms. The van der Waals surface area contributed by atoms with Crippen LogP contribution in [0.25, 0.3) is 0 Å². The van der Waals surface area contributed by atoms with E-state index in [-0.39, 0.29) is 17.7 Å². The average Bonchev–Trinajstić information content (AvgIpc) is 2.39. The summed E-state index contributed by atoms with van der Waals surface area (Å²) in [5.41, 5.74) is 5.51. The summed E-state index contributed by atoms with van der Waals surface area (Å²) in [4.78, 5) is 11.1. The maximum Gasteiger partial charge on any atom is 0.375 e. The van der Waals surface area contributed by atoms with Gasteiger partial charge in [-0.05, 0) is 18.6 Å². The van der Waals surface area contributed by atoms with Crippen molar-refractivity contribution in [1.29, 1.82) is 0 Å². The van der Waals surface area contributed by atoms with E-state index in [4.69, 9.17) is 10.8 Å². The van der Waals surface area contributed by atoms with Crippen molar-refractivity contribution in [3.63, 3.8) is 0 Å². The van der Waals surface area contributed by atoms with Crippen molar-refractivity contribution in [1.82, 2.24) is 0 Å². The molecule has 0 spiro atoms. The standard InChI is InChI=1S/C13H24NO4PS/c1-10(2)13(17)19(18)9-11(12(15)16)5-3-4-7-20-8-6-14/h5,10,13,17H,3-4,6-9,14H2,1-2H3/p+1. The molecule has 0 aromatic rings. The van der Waals surface area contributed by atoms with Crippen LogP contribution in [0.1, 0.15) is 26.7 Å². The largest absolute Gasteiger partial charge is 0.478 e. The zero-order valence-corrected chi connectivity index (χ0v) is 13.8. The van der Waals surface area contributed by atoms with Gasteiger partial charge in [0.25, 0.3) is 5.85 Å². The van der Waals surface area contributed by atoms with E-state index >= 15 is 0 Å². The summed E-state index contributed by atoms with van der Waals surface area (Å²) in [6.07, 6.45) is 3.05. The van der Waals surface area contributed by atoms with Gasteiger partial charge in [-0.3, -0.25) is 0 Å². The van der Waals surface area contributed by atoms with E-state index in [1.54, 1.807) is 31.7 Å². The van der Waals surface area contributed by atoms with E-state index in [0.29, 0.717) is 13.0 Å². The minimum absolute atomic E-state index is 0.0695. The maximum absolute atomic E-state index is 11.8. The molecule has 0 aliphatic heterocycles. The van der Waals surface area contributed by atoms with E-state index in [1.165, 1.54) is 0 Å². The molecule has 0 aromatic heterocycles. The van der Waals surface area contributed by atoms with Crippen LogP contribution < -0.4 is 5.73 Å². The normalized spacial score (nSPS) is 14.4. The number of hydrogen-bond donors (Lipinski definition) is 3. The van der Waals surface area contributed by atoms with Crippen molar-refractivity contribution in [2.45, 2.75) is 32.5 Å². The van der Waals surface area contributed by atoms with Crippen molar-refractivity contribution in [3.05, 3.63) is 11.6 Å². The molecule has 4 N–H and O–H groups in total. The number of aliphatic carboxylic acids is 1. The Balaban J connectivity index is 4.29. The van der Waals surface area contributed by atoms with Gasteiger partial charge >= 0.3 is 13.8 Å². The van der Waals surface area contributed by atoms with Gasteiger partial charge in [0.15, 0.2) is 6.16 Å². The fraction of sp³-hybridized carbons (Fsp3) is 0.769. The third-order valence-corrected chi connectivity index (χ3v) is 5.58. The summed E-state index contributed by atoms with van der Waals surface area (Å²) in [7, 11) is -1.95. The average molecular weight is 322 g/mol. The summed E-state index contributed by atoms with van der Waals surface area (Å²) in [6.45, 7) is 4.17. The molecule has 2 unspecified atom stereocenters. The Labute approximate surface area is 125 Å². The van der Waals surface area contributed by atoms with E-state index in [9.17, 15) is 14.5 Å². The van der Waals surface area contributed by atoms with Crippen LogP contribution in [0.15, 0.2) is 11.6 Å². The number of nitrogens with two attached hydrogens (primary N) is 1. The van der Waals surface area contributed by atoms with Crippen molar-refractivity contribution >= 4 is 25.5 Å². The molecule has 0 bridgehead atoms. The lowest BCUT2D eigenvalue weighted by atomic mass is 10.2. The van der Waals surface area contributed by atoms with Crippen molar-refractivity contribution in [2.75, 3.05) is 24.2 Å². The SMILES string of the molecule is CC(C)C(O)[P+](=O)CC(=CCCCSCCN)C(=O)O. The van der Waals surface area contributed by atoms with Gasteiger partial charge in [-0.2, -0.15) is 11.8 Å². The van der Waals surface area contributed by atoms with Gasteiger partial charge in [0.1, 0.15) is 0 Å². The Morgan fingerprint density at radius 2 is 2.05 bits per heavy atom. The third kappa shape index (κ3) is 8.69. The van der Waals surface area contributed by atoms with Crippen LogP contribution in [-0.2, 0) is 9.36 Å². The molecule has 2 atom stereocenters. The lowest BCUT2D eigenvalue weighted by molar-refractivity contribution is -0.132. The second-order valence-corrected chi connectivity index (χ2v) is 7.71. The quantitative estimate of drug-likeness (QED) is 0.306. The number of aliphatic hydroxyl groups is 1. The highest BCUT2D eigenvalue weighted by molar-refractivity contribution is 7.99. The summed E-state index contributed by atoms with van der Waals surface area (Å²) >= 11 is 1.74. The zero-order chi connectivity index (χ0) is 15.5. The second-order valence-electron chi connectivity index (χ2n) is 4.81. The smallest absolute Gasteiger partial charge is 0.375 e. The van der Waals surface area contributed by atoms with E-state index in [1.807, 2.05) is 0 Å². The van der Waals surface area contributed by atoms with Crippen LogP contribution in [0.5, 0.6) is 0 Å². The van der Waals surface area contributed by atoms with Gasteiger partial charge in [-0.15, -0.1) is 0 Å². The van der Waals surface area contributed by atoms with Gasteiger partial charge in [0.05, 0.1) is 5.57 Å². The number of carboxylic acid groups (broad SMARTS) is 1. The number of aliphatic hydroxyl groups excluding tert-OH is 1. The highest BCUT2D eigenvalue weighted by Gasteiger charge is 2.33. The molecule has 0 radical (unpaired) electrons. The number of carboxylic acids is 1. The Morgan fingerprint density at radius 1 is 1.40 bits per heavy atom. The number of allylic oxidation sites excluding steroid dienone is 1. The number of unbranched alkanes of at least 4 members (excludes halogenated alkanes) is 1. The first-order chi connectivity index (χ1) is 9.40. The molecule has 0 saturated carbocycles. The lowest BCUT2D eigenvalue weighted by Gasteiger charge is -2.04. The van der Waals surface area contributed by atoms with Crippen LogP contribution >= 0.6 is 19.6 Å². The van der Waals surface area contributed by atoms with Crippen LogP contribution in [0.2, 0.25) is 0 Å². The predicted octanol–water partition coefficient (Wildman–Crippen LogP) is 2.27. The van der Waals surface area contributed by atoms with E-state index < -0.39 is 19.6 Å². The maximum atomic E-state index is 11.8. The lowest BCUT2D eigenvalue weighted by Crippen LogP contribution is -2.13.